The van der Waals surface area contributed by atoms with Crippen LogP contribution >= 0.6 is 0 Å². The molecule has 1 aromatic carbocycles. The zero-order valence-electron chi connectivity index (χ0n) is 17.1. The normalized spacial score (nSPS) is 21.2. The van der Waals surface area contributed by atoms with Crippen molar-refractivity contribution >= 4 is 17.3 Å². The molecular weight excluding hydrogens is 419 g/mol. The van der Waals surface area contributed by atoms with Crippen LogP contribution in [0.25, 0.3) is 0 Å². The van der Waals surface area contributed by atoms with Crippen molar-refractivity contribution in [1.82, 2.24) is 10.0 Å². The summed E-state index contributed by atoms with van der Waals surface area (Å²) in [5, 5.41) is 19.8. The highest BCUT2D eigenvalue weighted by molar-refractivity contribution is 7.90. The van der Waals surface area contributed by atoms with Gasteiger partial charge in [-0.15, -0.1) is 4.72 Å². The van der Waals surface area contributed by atoms with E-state index >= 15 is 0 Å². The van der Waals surface area contributed by atoms with Crippen LogP contribution in [0, 0.1) is 16.7 Å². The molecule has 30 heavy (non-hydrogen) atoms. The molecule has 1 saturated heterocycles. The summed E-state index contributed by atoms with van der Waals surface area (Å²) in [5.74, 6) is -2.76. The molecule has 3 N–H and O–H groups in total. The topological polar surface area (TPSA) is 108 Å². The largest absolute Gasteiger partial charge is 0.598 e. The molecule has 10 heteroatoms. The maximum atomic E-state index is 12.7. The summed E-state index contributed by atoms with van der Waals surface area (Å²) < 4.78 is 47.6. The molecule has 1 unspecified atom stereocenters. The second-order valence-corrected chi connectivity index (χ2v) is 10.5. The first-order valence-electron chi connectivity index (χ1n) is 9.52. The van der Waals surface area contributed by atoms with E-state index in [0.29, 0.717) is 5.56 Å². The van der Waals surface area contributed by atoms with E-state index in [-0.39, 0.29) is 16.2 Å². The molecule has 0 radical (unpaired) electrons. The van der Waals surface area contributed by atoms with Gasteiger partial charge in [-0.2, -0.15) is 18.4 Å². The van der Waals surface area contributed by atoms with Crippen LogP contribution in [-0.4, -0.2) is 39.6 Å². The van der Waals surface area contributed by atoms with Crippen molar-refractivity contribution in [1.29, 1.82) is 5.26 Å². The molecule has 0 bridgehead atoms. The van der Waals surface area contributed by atoms with Crippen LogP contribution in [0.5, 0.6) is 0 Å². The zero-order chi connectivity index (χ0) is 22.7. The molecular formula is C20H26F3N3O3S. The summed E-state index contributed by atoms with van der Waals surface area (Å²) in [5.41, 5.74) is 3.27. The molecule has 1 spiro atoms. The lowest BCUT2D eigenvalue weighted by molar-refractivity contribution is -0.192. The molecule has 1 aliphatic heterocycles. The summed E-state index contributed by atoms with van der Waals surface area (Å²) in [6, 6.07) is 8.27. The number of carboxylic acids is 1. The molecule has 0 saturated carbocycles. The number of carboxylic acid groups (broad SMARTS) is 1. The van der Waals surface area contributed by atoms with Gasteiger partial charge in [0, 0.05) is 16.8 Å². The highest BCUT2D eigenvalue weighted by Crippen LogP contribution is 2.51. The maximum absolute atomic E-state index is 12.7. The molecule has 1 aromatic rings. The fourth-order valence-electron chi connectivity index (χ4n) is 3.77. The number of halogens is 3. The number of fused-ring (bicyclic) bond motifs is 1. The Morgan fingerprint density at radius 2 is 1.90 bits per heavy atom. The van der Waals surface area contributed by atoms with Gasteiger partial charge in [0.15, 0.2) is 0 Å². The summed E-state index contributed by atoms with van der Waals surface area (Å²) in [4.78, 5) is 8.90. The van der Waals surface area contributed by atoms with Gasteiger partial charge in [-0.05, 0) is 76.4 Å². The first-order chi connectivity index (χ1) is 13.8. The van der Waals surface area contributed by atoms with Crippen LogP contribution < -0.4 is 10.0 Å². The third-order valence-corrected chi connectivity index (χ3v) is 6.93. The minimum absolute atomic E-state index is 0.0629. The van der Waals surface area contributed by atoms with Gasteiger partial charge in [-0.25, -0.2) is 4.79 Å². The number of benzene rings is 1. The molecule has 166 valence electrons. The molecule has 6 nitrogen and oxygen atoms in total. The SMILES string of the molecule is CC(C)(C)[S+]([O-])N[C@@H]1c2cc(C#N)ccc2CC12CCNCC2.O=C(O)C(F)(F)F. The number of hydrogen-bond donors (Lipinski definition) is 3. The molecule has 1 heterocycles. The quantitative estimate of drug-likeness (QED) is 0.604. The number of rotatable bonds is 2. The van der Waals surface area contributed by atoms with Crippen LogP contribution in [-0.2, 0) is 22.6 Å². The summed E-state index contributed by atoms with van der Waals surface area (Å²) in [6.45, 7) is 7.98. The lowest BCUT2D eigenvalue weighted by atomic mass is 9.73. The number of nitriles is 1. The van der Waals surface area contributed by atoms with Crippen molar-refractivity contribution in [3.8, 4) is 6.07 Å². The number of hydrogen-bond acceptors (Lipinski definition) is 5. The van der Waals surface area contributed by atoms with E-state index in [4.69, 9.17) is 9.90 Å². The molecule has 3 rings (SSSR count). The fraction of sp³-hybridized carbons (Fsp3) is 0.600. The van der Waals surface area contributed by atoms with Crippen molar-refractivity contribution in [2.45, 2.75) is 57.0 Å². The van der Waals surface area contributed by atoms with Gasteiger partial charge >= 0.3 is 12.1 Å². The van der Waals surface area contributed by atoms with Crippen molar-refractivity contribution in [2.75, 3.05) is 13.1 Å². The molecule has 1 fully saturated rings. The predicted octanol–water partition coefficient (Wildman–Crippen LogP) is 3.21. The van der Waals surface area contributed by atoms with E-state index in [1.165, 1.54) is 11.1 Å². The van der Waals surface area contributed by atoms with Gasteiger partial charge in [0.1, 0.15) is 4.75 Å². The minimum Gasteiger partial charge on any atom is -0.598 e. The Hall–Kier alpha value is -1.80. The Balaban J connectivity index is 0.000000396. The van der Waals surface area contributed by atoms with Crippen molar-refractivity contribution in [3.63, 3.8) is 0 Å². The van der Waals surface area contributed by atoms with Crippen molar-refractivity contribution in [3.05, 3.63) is 34.9 Å². The number of carbonyl (C=O) groups is 1. The first-order valence-corrected chi connectivity index (χ1v) is 10.7. The zero-order valence-corrected chi connectivity index (χ0v) is 17.9. The van der Waals surface area contributed by atoms with Crippen LogP contribution in [0.2, 0.25) is 0 Å². The minimum atomic E-state index is -5.08. The Morgan fingerprint density at radius 3 is 2.37 bits per heavy atom. The second kappa shape index (κ2) is 9.14. The van der Waals surface area contributed by atoms with Crippen LogP contribution in [0.1, 0.15) is 56.3 Å². The molecule has 0 amide bonds. The van der Waals surface area contributed by atoms with Gasteiger partial charge in [0.25, 0.3) is 0 Å². The van der Waals surface area contributed by atoms with Crippen molar-refractivity contribution < 1.29 is 27.6 Å². The predicted molar refractivity (Wildman–Crippen MR) is 107 cm³/mol. The highest BCUT2D eigenvalue weighted by atomic mass is 32.2. The Kier molecular flexibility index (Phi) is 7.45. The number of piperidine rings is 1. The first kappa shape index (κ1) is 24.5. The highest BCUT2D eigenvalue weighted by Gasteiger charge is 2.49. The lowest BCUT2D eigenvalue weighted by Gasteiger charge is -2.40. The van der Waals surface area contributed by atoms with Crippen LogP contribution in [0.15, 0.2) is 18.2 Å². The van der Waals surface area contributed by atoms with Crippen LogP contribution in [0.3, 0.4) is 0 Å². The van der Waals surface area contributed by atoms with Crippen LogP contribution in [0.4, 0.5) is 13.2 Å². The lowest BCUT2D eigenvalue weighted by Crippen LogP contribution is -2.48. The third-order valence-electron chi connectivity index (χ3n) is 5.36. The summed E-state index contributed by atoms with van der Waals surface area (Å²) in [6.07, 6.45) is -1.93. The number of aliphatic carboxylic acids is 1. The maximum Gasteiger partial charge on any atom is 0.490 e. The van der Waals surface area contributed by atoms with Gasteiger partial charge in [-0.1, -0.05) is 6.07 Å². The van der Waals surface area contributed by atoms with E-state index in [1.807, 2.05) is 32.9 Å². The van der Waals surface area contributed by atoms with E-state index < -0.39 is 23.5 Å². The number of alkyl halides is 3. The Labute approximate surface area is 177 Å². The summed E-state index contributed by atoms with van der Waals surface area (Å²) in [7, 11) is 0. The van der Waals surface area contributed by atoms with Gasteiger partial charge < -0.3 is 15.0 Å². The van der Waals surface area contributed by atoms with E-state index in [2.05, 4.69) is 22.2 Å². The smallest absolute Gasteiger partial charge is 0.490 e. The Bertz CT molecular complexity index is 812. The van der Waals surface area contributed by atoms with Gasteiger partial charge in [0.05, 0.1) is 17.7 Å². The molecule has 2 atom stereocenters. The third kappa shape index (κ3) is 5.66. The molecule has 0 aromatic heterocycles. The average molecular weight is 446 g/mol. The van der Waals surface area contributed by atoms with E-state index in [9.17, 15) is 23.0 Å². The standard InChI is InChI=1S/C18H25N3OS.C2HF3O2/c1-17(2,3)23(22)21-16-15-10-13(12-19)4-5-14(15)11-18(16)6-8-20-9-7-18;3-2(4,5)1(6)7/h4-5,10,16,20-21H,6-9,11H2,1-3H3;(H,6,7)/t16-,23?;/m1./s1. The monoisotopic (exact) mass is 445 g/mol. The van der Waals surface area contributed by atoms with Gasteiger partial charge in [0.2, 0.25) is 0 Å². The number of nitrogens with one attached hydrogen (secondary N) is 2. The van der Waals surface area contributed by atoms with Crippen molar-refractivity contribution in [2.24, 2.45) is 5.41 Å². The second-order valence-electron chi connectivity index (χ2n) is 8.55. The molecule has 2 aliphatic rings. The molecule has 1 aliphatic carbocycles. The fourth-order valence-corrected chi connectivity index (χ4v) is 4.71. The summed E-state index contributed by atoms with van der Waals surface area (Å²) >= 11 is -1.12. The van der Waals surface area contributed by atoms with E-state index in [1.54, 1.807) is 0 Å². The Morgan fingerprint density at radius 1 is 1.33 bits per heavy atom. The number of nitrogens with zero attached hydrogens (tertiary/aromatic N) is 1. The average Bonchev–Trinajstić information content (AvgIpc) is 2.93. The van der Waals surface area contributed by atoms with E-state index in [0.717, 1.165) is 32.4 Å². The van der Waals surface area contributed by atoms with Gasteiger partial charge in [-0.3, -0.25) is 0 Å².